The Hall–Kier alpha value is -1.28. The zero-order valence-electron chi connectivity index (χ0n) is 11.6. The zero-order chi connectivity index (χ0) is 12.9. The first-order valence-electron chi connectivity index (χ1n) is 7.68. The van der Waals surface area contributed by atoms with Crippen LogP contribution >= 0.6 is 0 Å². The molecular formula is C17H24N2. The summed E-state index contributed by atoms with van der Waals surface area (Å²) in [5, 5.41) is 4.91. The van der Waals surface area contributed by atoms with Crippen LogP contribution in [0.2, 0.25) is 0 Å². The van der Waals surface area contributed by atoms with Gasteiger partial charge in [-0.15, -0.1) is 0 Å². The molecule has 0 radical (unpaired) electrons. The van der Waals surface area contributed by atoms with Gasteiger partial charge < -0.3 is 10.3 Å². The Morgan fingerprint density at radius 3 is 2.89 bits per heavy atom. The number of hydrogen-bond donors (Lipinski definition) is 2. The first kappa shape index (κ1) is 12.7. The largest absolute Gasteiger partial charge is 0.361 e. The van der Waals surface area contributed by atoms with Gasteiger partial charge in [0.1, 0.15) is 0 Å². The van der Waals surface area contributed by atoms with E-state index in [0.29, 0.717) is 0 Å². The van der Waals surface area contributed by atoms with Crippen LogP contribution in [0.25, 0.3) is 10.9 Å². The average molecular weight is 256 g/mol. The third kappa shape index (κ3) is 3.38. The van der Waals surface area contributed by atoms with Crippen molar-refractivity contribution in [3.63, 3.8) is 0 Å². The molecule has 0 atom stereocenters. The maximum Gasteiger partial charge on any atom is 0.0454 e. The molecule has 1 saturated carbocycles. The first-order chi connectivity index (χ1) is 9.42. The summed E-state index contributed by atoms with van der Waals surface area (Å²) in [4.78, 5) is 3.24. The number of H-pyrrole nitrogens is 1. The molecule has 2 N–H and O–H groups in total. The van der Waals surface area contributed by atoms with Crippen LogP contribution < -0.4 is 5.32 Å². The Bertz CT molecular complexity index is 509. The van der Waals surface area contributed by atoms with Crippen LogP contribution in [0.1, 0.15) is 44.1 Å². The van der Waals surface area contributed by atoms with E-state index >= 15 is 0 Å². The van der Waals surface area contributed by atoms with Gasteiger partial charge in [0.25, 0.3) is 0 Å². The lowest BCUT2D eigenvalue weighted by Gasteiger charge is -2.21. The van der Waals surface area contributed by atoms with E-state index in [1.807, 2.05) is 6.20 Å². The Morgan fingerprint density at radius 1 is 1.11 bits per heavy atom. The summed E-state index contributed by atoms with van der Waals surface area (Å²) in [6.45, 7) is 2.16. The monoisotopic (exact) mass is 256 g/mol. The quantitative estimate of drug-likeness (QED) is 0.770. The summed E-state index contributed by atoms with van der Waals surface area (Å²) < 4.78 is 0. The lowest BCUT2D eigenvalue weighted by molar-refractivity contribution is 0.334. The molecule has 0 spiro atoms. The van der Waals surface area contributed by atoms with Crippen molar-refractivity contribution in [2.75, 3.05) is 6.54 Å². The summed E-state index contributed by atoms with van der Waals surface area (Å²) in [6.07, 6.45) is 10.6. The number of benzene rings is 1. The van der Waals surface area contributed by atoms with E-state index in [9.17, 15) is 0 Å². The highest BCUT2D eigenvalue weighted by Crippen LogP contribution is 2.25. The van der Waals surface area contributed by atoms with E-state index in [0.717, 1.165) is 19.0 Å². The van der Waals surface area contributed by atoms with E-state index < -0.39 is 0 Å². The smallest absolute Gasteiger partial charge is 0.0454 e. The van der Waals surface area contributed by atoms with Gasteiger partial charge in [-0.25, -0.2) is 0 Å². The van der Waals surface area contributed by atoms with Crippen LogP contribution in [0, 0.1) is 5.92 Å². The fourth-order valence-electron chi connectivity index (χ4n) is 3.23. The summed E-state index contributed by atoms with van der Waals surface area (Å²) in [7, 11) is 0. The lowest BCUT2D eigenvalue weighted by atomic mass is 9.87. The number of nitrogens with one attached hydrogen (secondary N) is 2. The third-order valence-electron chi connectivity index (χ3n) is 4.40. The van der Waals surface area contributed by atoms with E-state index in [1.54, 1.807) is 0 Å². The SMILES string of the molecule is c1cc2cc(CNCCC3CCCCC3)ccc2[nH]1. The van der Waals surface area contributed by atoms with Gasteiger partial charge in [0.15, 0.2) is 0 Å². The molecule has 1 aromatic heterocycles. The Kier molecular flexibility index (Phi) is 4.19. The van der Waals surface area contributed by atoms with Crippen molar-refractivity contribution >= 4 is 10.9 Å². The Labute approximate surface area is 115 Å². The van der Waals surface area contributed by atoms with Crippen LogP contribution in [0.4, 0.5) is 0 Å². The summed E-state index contributed by atoms with van der Waals surface area (Å²) in [5.41, 5.74) is 2.61. The van der Waals surface area contributed by atoms with Crippen LogP contribution in [0.15, 0.2) is 30.5 Å². The maximum absolute atomic E-state index is 3.60. The van der Waals surface area contributed by atoms with Crippen molar-refractivity contribution in [3.8, 4) is 0 Å². The van der Waals surface area contributed by atoms with Crippen LogP contribution in [0.3, 0.4) is 0 Å². The molecule has 102 valence electrons. The van der Waals surface area contributed by atoms with E-state index in [2.05, 4.69) is 34.6 Å². The number of aromatic nitrogens is 1. The number of rotatable bonds is 5. The zero-order valence-corrected chi connectivity index (χ0v) is 11.6. The highest BCUT2D eigenvalue weighted by Gasteiger charge is 2.12. The lowest BCUT2D eigenvalue weighted by Crippen LogP contribution is -2.19. The number of fused-ring (bicyclic) bond motifs is 1. The van der Waals surface area contributed by atoms with Crippen molar-refractivity contribution in [1.29, 1.82) is 0 Å². The van der Waals surface area contributed by atoms with E-state index in [4.69, 9.17) is 0 Å². The predicted molar refractivity (Wildman–Crippen MR) is 81.2 cm³/mol. The van der Waals surface area contributed by atoms with Crippen molar-refractivity contribution in [2.24, 2.45) is 5.92 Å². The average Bonchev–Trinajstić information content (AvgIpc) is 2.92. The Balaban J connectivity index is 1.43. The summed E-state index contributed by atoms with van der Waals surface area (Å²) >= 11 is 0. The highest BCUT2D eigenvalue weighted by molar-refractivity contribution is 5.79. The maximum atomic E-state index is 3.60. The summed E-state index contributed by atoms with van der Waals surface area (Å²) in [6, 6.07) is 8.81. The van der Waals surface area contributed by atoms with Gasteiger partial charge in [0, 0.05) is 18.3 Å². The van der Waals surface area contributed by atoms with Gasteiger partial charge in [-0.05, 0) is 48.0 Å². The van der Waals surface area contributed by atoms with Crippen molar-refractivity contribution < 1.29 is 0 Å². The van der Waals surface area contributed by atoms with Crippen LogP contribution in [-0.2, 0) is 6.54 Å². The molecule has 0 amide bonds. The minimum atomic E-state index is 0.980. The molecule has 3 rings (SSSR count). The first-order valence-corrected chi connectivity index (χ1v) is 7.68. The molecule has 2 heteroatoms. The molecule has 1 fully saturated rings. The second-order valence-corrected chi connectivity index (χ2v) is 5.87. The molecule has 1 aliphatic carbocycles. The molecule has 1 aromatic carbocycles. The van der Waals surface area contributed by atoms with Gasteiger partial charge >= 0.3 is 0 Å². The fraction of sp³-hybridized carbons (Fsp3) is 0.529. The molecule has 2 nitrogen and oxygen atoms in total. The van der Waals surface area contributed by atoms with E-state index in [-0.39, 0.29) is 0 Å². The minimum Gasteiger partial charge on any atom is -0.361 e. The van der Waals surface area contributed by atoms with Crippen molar-refractivity contribution in [2.45, 2.75) is 45.1 Å². The normalized spacial score (nSPS) is 17.1. The van der Waals surface area contributed by atoms with Gasteiger partial charge in [0.05, 0.1) is 0 Å². The molecule has 0 unspecified atom stereocenters. The fourth-order valence-corrected chi connectivity index (χ4v) is 3.23. The van der Waals surface area contributed by atoms with E-state index in [1.165, 1.54) is 55.0 Å². The molecular weight excluding hydrogens is 232 g/mol. The Morgan fingerprint density at radius 2 is 2.00 bits per heavy atom. The van der Waals surface area contributed by atoms with Gasteiger partial charge in [-0.3, -0.25) is 0 Å². The molecule has 1 heterocycles. The predicted octanol–water partition coefficient (Wildman–Crippen LogP) is 4.23. The van der Waals surface area contributed by atoms with Gasteiger partial charge in [-0.1, -0.05) is 38.2 Å². The van der Waals surface area contributed by atoms with Crippen molar-refractivity contribution in [3.05, 3.63) is 36.0 Å². The second kappa shape index (κ2) is 6.25. The number of hydrogen-bond acceptors (Lipinski definition) is 1. The van der Waals surface area contributed by atoms with Crippen LogP contribution in [0.5, 0.6) is 0 Å². The topological polar surface area (TPSA) is 27.8 Å². The molecule has 19 heavy (non-hydrogen) atoms. The summed E-state index contributed by atoms with van der Waals surface area (Å²) in [5.74, 6) is 0.980. The minimum absolute atomic E-state index is 0.980. The highest BCUT2D eigenvalue weighted by atomic mass is 14.8. The molecule has 2 aromatic rings. The molecule has 0 bridgehead atoms. The third-order valence-corrected chi connectivity index (χ3v) is 4.40. The molecule has 1 aliphatic rings. The van der Waals surface area contributed by atoms with Gasteiger partial charge in [-0.2, -0.15) is 0 Å². The van der Waals surface area contributed by atoms with Crippen LogP contribution in [-0.4, -0.2) is 11.5 Å². The second-order valence-electron chi connectivity index (χ2n) is 5.87. The standard InChI is InChI=1S/C17H24N2/c1-2-4-14(5-3-1)8-10-18-13-15-6-7-17-16(12-15)9-11-19-17/h6-7,9,11-12,14,18-19H,1-5,8,10,13H2. The van der Waals surface area contributed by atoms with Gasteiger partial charge in [0.2, 0.25) is 0 Å². The van der Waals surface area contributed by atoms with Crippen molar-refractivity contribution in [1.82, 2.24) is 10.3 Å². The molecule has 0 aliphatic heterocycles. The molecule has 0 saturated heterocycles. The number of aromatic amines is 1.